The van der Waals surface area contributed by atoms with Crippen molar-refractivity contribution >= 4 is 39.1 Å². The van der Waals surface area contributed by atoms with Crippen LogP contribution < -0.4 is 14.4 Å². The van der Waals surface area contributed by atoms with Gasteiger partial charge in [0, 0.05) is 17.6 Å². The van der Waals surface area contributed by atoms with Crippen molar-refractivity contribution < 1.29 is 22.7 Å². The standard InChI is InChI=1S/C30H36ClN3O5S/c1-20(2)32-30(36)23(5)33(18-24-10-12-25(31)13-11-24)29(35)19-34(27-17-22(4)9-16-28(27)39-6)40(37,38)26-14-7-21(3)8-15-26/h7-17,20,23H,18-19H2,1-6H3,(H,32,36)/t23-/m0/s1. The van der Waals surface area contributed by atoms with Crippen LogP contribution in [-0.2, 0) is 26.2 Å². The molecule has 0 heterocycles. The normalized spacial score (nSPS) is 12.1. The summed E-state index contributed by atoms with van der Waals surface area (Å²) >= 11 is 6.05. The summed E-state index contributed by atoms with van der Waals surface area (Å²) in [6.07, 6.45) is 0. The van der Waals surface area contributed by atoms with Gasteiger partial charge in [0.05, 0.1) is 17.7 Å². The first kappa shape index (κ1) is 31.0. The number of ether oxygens (including phenoxy) is 1. The van der Waals surface area contributed by atoms with Crippen molar-refractivity contribution in [3.63, 3.8) is 0 Å². The molecule has 40 heavy (non-hydrogen) atoms. The highest BCUT2D eigenvalue weighted by Crippen LogP contribution is 2.34. The van der Waals surface area contributed by atoms with Gasteiger partial charge < -0.3 is 15.0 Å². The lowest BCUT2D eigenvalue weighted by Gasteiger charge is -2.32. The van der Waals surface area contributed by atoms with E-state index in [1.54, 1.807) is 61.5 Å². The summed E-state index contributed by atoms with van der Waals surface area (Å²) in [7, 11) is -2.76. The van der Waals surface area contributed by atoms with Gasteiger partial charge in [0.2, 0.25) is 11.8 Å². The van der Waals surface area contributed by atoms with E-state index in [1.807, 2.05) is 27.7 Å². The van der Waals surface area contributed by atoms with E-state index >= 15 is 0 Å². The molecule has 214 valence electrons. The number of methoxy groups -OCH3 is 1. The molecule has 0 aliphatic carbocycles. The molecule has 10 heteroatoms. The van der Waals surface area contributed by atoms with Gasteiger partial charge in [-0.05, 0) is 82.1 Å². The predicted molar refractivity (Wildman–Crippen MR) is 158 cm³/mol. The molecular weight excluding hydrogens is 550 g/mol. The molecule has 0 aromatic heterocycles. The Morgan fingerprint density at radius 2 is 1.52 bits per heavy atom. The first-order valence-corrected chi connectivity index (χ1v) is 14.7. The highest BCUT2D eigenvalue weighted by Gasteiger charge is 2.34. The van der Waals surface area contributed by atoms with E-state index in [-0.39, 0.29) is 29.1 Å². The number of carbonyl (C=O) groups is 2. The quantitative estimate of drug-likeness (QED) is 0.338. The highest BCUT2D eigenvalue weighted by atomic mass is 35.5. The number of anilines is 1. The SMILES string of the molecule is COc1ccc(C)cc1N(CC(=O)N(Cc1ccc(Cl)cc1)[C@@H](C)C(=O)NC(C)C)S(=O)(=O)c1ccc(C)cc1. The minimum Gasteiger partial charge on any atom is -0.495 e. The Hall–Kier alpha value is -3.56. The average molecular weight is 586 g/mol. The molecule has 2 amide bonds. The Morgan fingerprint density at radius 1 is 0.925 bits per heavy atom. The van der Waals surface area contributed by atoms with E-state index < -0.39 is 28.5 Å². The first-order valence-electron chi connectivity index (χ1n) is 12.9. The molecule has 3 aromatic carbocycles. The second-order valence-electron chi connectivity index (χ2n) is 9.99. The topological polar surface area (TPSA) is 96.0 Å². The van der Waals surface area contributed by atoms with Gasteiger partial charge >= 0.3 is 0 Å². The van der Waals surface area contributed by atoms with E-state index in [2.05, 4.69) is 5.32 Å². The largest absolute Gasteiger partial charge is 0.495 e. The Morgan fingerprint density at radius 3 is 2.10 bits per heavy atom. The summed E-state index contributed by atoms with van der Waals surface area (Å²) < 4.78 is 34.6. The Balaban J connectivity index is 2.10. The Bertz CT molecular complexity index is 1440. The van der Waals surface area contributed by atoms with Gasteiger partial charge in [-0.25, -0.2) is 8.42 Å². The average Bonchev–Trinajstić information content (AvgIpc) is 2.90. The van der Waals surface area contributed by atoms with Crippen LogP contribution >= 0.6 is 11.6 Å². The molecular formula is C30H36ClN3O5S. The summed E-state index contributed by atoms with van der Waals surface area (Å²) in [5.41, 5.74) is 2.65. The Labute approximate surface area is 241 Å². The Kier molecular flexibility index (Phi) is 10.2. The molecule has 0 spiro atoms. The van der Waals surface area contributed by atoms with E-state index in [9.17, 15) is 18.0 Å². The zero-order valence-corrected chi connectivity index (χ0v) is 25.2. The molecule has 0 bridgehead atoms. The van der Waals surface area contributed by atoms with Gasteiger partial charge in [-0.2, -0.15) is 0 Å². The third-order valence-electron chi connectivity index (χ3n) is 6.36. The van der Waals surface area contributed by atoms with Crippen LogP contribution in [0.3, 0.4) is 0 Å². The number of halogens is 1. The fraction of sp³-hybridized carbons (Fsp3) is 0.333. The number of nitrogens with one attached hydrogen (secondary N) is 1. The minimum atomic E-state index is -4.20. The van der Waals surface area contributed by atoms with Crippen LogP contribution in [-0.4, -0.2) is 50.9 Å². The molecule has 3 aromatic rings. The van der Waals surface area contributed by atoms with Crippen molar-refractivity contribution in [2.45, 2.75) is 58.1 Å². The lowest BCUT2D eigenvalue weighted by molar-refractivity contribution is -0.139. The van der Waals surface area contributed by atoms with Crippen LogP contribution in [0.2, 0.25) is 5.02 Å². The molecule has 8 nitrogen and oxygen atoms in total. The first-order chi connectivity index (χ1) is 18.8. The molecule has 1 N–H and O–H groups in total. The van der Waals surface area contributed by atoms with Gasteiger partial charge in [-0.15, -0.1) is 0 Å². The molecule has 0 radical (unpaired) electrons. The number of carbonyl (C=O) groups excluding carboxylic acids is 2. The van der Waals surface area contributed by atoms with E-state index in [0.717, 1.165) is 21.0 Å². The van der Waals surface area contributed by atoms with E-state index in [0.29, 0.717) is 10.8 Å². The summed E-state index contributed by atoms with van der Waals surface area (Å²) in [5, 5.41) is 3.38. The zero-order valence-electron chi connectivity index (χ0n) is 23.6. The van der Waals surface area contributed by atoms with E-state index in [1.165, 1.54) is 24.1 Å². The summed E-state index contributed by atoms with van der Waals surface area (Å²) in [4.78, 5) is 28.4. The fourth-order valence-electron chi connectivity index (χ4n) is 4.12. The van der Waals surface area contributed by atoms with Gasteiger partial charge in [0.1, 0.15) is 18.3 Å². The molecule has 0 aliphatic rings. The molecule has 1 atom stereocenters. The van der Waals surface area contributed by atoms with Gasteiger partial charge in [0.15, 0.2) is 0 Å². The van der Waals surface area contributed by atoms with Crippen LogP contribution in [0.15, 0.2) is 71.6 Å². The van der Waals surface area contributed by atoms with Crippen molar-refractivity contribution in [2.75, 3.05) is 18.0 Å². The summed E-state index contributed by atoms with van der Waals surface area (Å²) in [6, 6.07) is 17.4. The number of benzene rings is 3. The third kappa shape index (κ3) is 7.55. The maximum absolute atomic E-state index is 14.0. The molecule has 3 rings (SSSR count). The third-order valence-corrected chi connectivity index (χ3v) is 8.38. The van der Waals surface area contributed by atoms with Gasteiger partial charge in [-0.1, -0.05) is 47.5 Å². The van der Waals surface area contributed by atoms with E-state index in [4.69, 9.17) is 16.3 Å². The molecule has 0 unspecified atom stereocenters. The summed E-state index contributed by atoms with van der Waals surface area (Å²) in [6.45, 7) is 8.49. The smallest absolute Gasteiger partial charge is 0.264 e. The highest BCUT2D eigenvalue weighted by molar-refractivity contribution is 7.92. The van der Waals surface area contributed by atoms with Crippen LogP contribution in [0.25, 0.3) is 0 Å². The monoisotopic (exact) mass is 585 g/mol. The van der Waals surface area contributed by atoms with Crippen LogP contribution in [0.1, 0.15) is 37.5 Å². The van der Waals surface area contributed by atoms with Gasteiger partial charge in [0.25, 0.3) is 10.0 Å². The van der Waals surface area contributed by atoms with Crippen molar-refractivity contribution in [3.8, 4) is 5.75 Å². The van der Waals surface area contributed by atoms with Gasteiger partial charge in [-0.3, -0.25) is 13.9 Å². The number of hydrogen-bond donors (Lipinski definition) is 1. The second kappa shape index (κ2) is 13.2. The lowest BCUT2D eigenvalue weighted by atomic mass is 10.1. The minimum absolute atomic E-state index is 0.0318. The van der Waals surface area contributed by atoms with Crippen molar-refractivity contribution in [1.82, 2.24) is 10.2 Å². The second-order valence-corrected chi connectivity index (χ2v) is 12.3. The number of aryl methyl sites for hydroxylation is 2. The number of sulfonamides is 1. The van der Waals surface area contributed by atoms with Crippen LogP contribution in [0.4, 0.5) is 5.69 Å². The fourth-order valence-corrected chi connectivity index (χ4v) is 5.66. The maximum Gasteiger partial charge on any atom is 0.264 e. The molecule has 0 saturated heterocycles. The molecule has 0 aliphatic heterocycles. The lowest BCUT2D eigenvalue weighted by Crippen LogP contribution is -2.52. The number of nitrogens with zero attached hydrogens (tertiary/aromatic N) is 2. The van der Waals surface area contributed by atoms with Crippen molar-refractivity contribution in [2.24, 2.45) is 0 Å². The maximum atomic E-state index is 14.0. The predicted octanol–water partition coefficient (Wildman–Crippen LogP) is 5.10. The number of hydrogen-bond acceptors (Lipinski definition) is 5. The number of rotatable bonds is 11. The molecule has 0 fully saturated rings. The van der Waals surface area contributed by atoms with Crippen molar-refractivity contribution in [3.05, 3.63) is 88.4 Å². The zero-order chi connectivity index (χ0) is 29.6. The number of amides is 2. The van der Waals surface area contributed by atoms with Crippen LogP contribution in [0.5, 0.6) is 5.75 Å². The van der Waals surface area contributed by atoms with Crippen molar-refractivity contribution in [1.29, 1.82) is 0 Å². The summed E-state index contributed by atoms with van der Waals surface area (Å²) in [5.74, 6) is -0.608. The molecule has 0 saturated carbocycles. The van der Waals surface area contributed by atoms with Crippen LogP contribution in [0, 0.1) is 13.8 Å².